The molecule has 2 rings (SSSR count). The summed E-state index contributed by atoms with van der Waals surface area (Å²) in [5.41, 5.74) is 4.16. The van der Waals surface area contributed by atoms with Gasteiger partial charge in [-0.2, -0.15) is 0 Å². The van der Waals surface area contributed by atoms with Gasteiger partial charge in [0.15, 0.2) is 0 Å². The molecule has 94 valence electrons. The van der Waals surface area contributed by atoms with Crippen LogP contribution in [0.5, 0.6) is 0 Å². The van der Waals surface area contributed by atoms with Gasteiger partial charge >= 0.3 is 0 Å². The Morgan fingerprint density at radius 1 is 1.29 bits per heavy atom. The molecule has 1 atom stereocenters. The lowest BCUT2D eigenvalue weighted by Crippen LogP contribution is -2.25. The summed E-state index contributed by atoms with van der Waals surface area (Å²) in [5.74, 6) is 0.696. The van der Waals surface area contributed by atoms with Crippen LogP contribution in [0.2, 0.25) is 0 Å². The number of rotatable bonds is 4. The Bertz CT molecular complexity index is 385. The standard InChI is InChI=1S/C15H23NO/c1-11(2)10-16-8-7-14-13(9-12(3)17)5-4-6-15(14)16/h4-6,11-12,17H,7-10H2,1-3H3. The molecular weight excluding hydrogens is 210 g/mol. The fraction of sp³-hybridized carbons (Fsp3) is 0.600. The maximum Gasteiger partial charge on any atom is 0.0552 e. The van der Waals surface area contributed by atoms with E-state index in [1.54, 1.807) is 0 Å². The van der Waals surface area contributed by atoms with E-state index in [9.17, 15) is 5.11 Å². The van der Waals surface area contributed by atoms with Gasteiger partial charge in [-0.25, -0.2) is 0 Å². The van der Waals surface area contributed by atoms with Crippen LogP contribution in [0.4, 0.5) is 5.69 Å². The lowest BCUT2D eigenvalue weighted by Gasteiger charge is -2.22. The minimum atomic E-state index is -0.249. The van der Waals surface area contributed by atoms with Crippen LogP contribution in [0, 0.1) is 5.92 Å². The first-order chi connectivity index (χ1) is 8.08. The molecule has 1 heterocycles. The molecule has 0 amide bonds. The van der Waals surface area contributed by atoms with Crippen molar-refractivity contribution in [1.82, 2.24) is 0 Å². The fourth-order valence-corrected chi connectivity index (χ4v) is 2.71. The number of hydrogen-bond donors (Lipinski definition) is 1. The topological polar surface area (TPSA) is 23.5 Å². The maximum absolute atomic E-state index is 9.53. The molecule has 0 saturated carbocycles. The number of benzene rings is 1. The molecule has 0 radical (unpaired) electrons. The summed E-state index contributed by atoms with van der Waals surface area (Å²) in [6.45, 7) is 8.64. The summed E-state index contributed by atoms with van der Waals surface area (Å²) < 4.78 is 0. The van der Waals surface area contributed by atoms with E-state index in [0.29, 0.717) is 5.92 Å². The maximum atomic E-state index is 9.53. The smallest absolute Gasteiger partial charge is 0.0552 e. The van der Waals surface area contributed by atoms with E-state index in [4.69, 9.17) is 0 Å². The quantitative estimate of drug-likeness (QED) is 0.864. The highest BCUT2D eigenvalue weighted by Gasteiger charge is 2.22. The lowest BCUT2D eigenvalue weighted by molar-refractivity contribution is 0.195. The third-order valence-electron chi connectivity index (χ3n) is 3.32. The van der Waals surface area contributed by atoms with Crippen LogP contribution in [-0.4, -0.2) is 24.3 Å². The molecule has 2 nitrogen and oxygen atoms in total. The van der Waals surface area contributed by atoms with Gasteiger partial charge in [0.1, 0.15) is 0 Å². The van der Waals surface area contributed by atoms with Crippen LogP contribution in [0.3, 0.4) is 0 Å². The zero-order valence-electron chi connectivity index (χ0n) is 11.1. The van der Waals surface area contributed by atoms with Crippen LogP contribution in [0.25, 0.3) is 0 Å². The number of aliphatic hydroxyl groups excluding tert-OH is 1. The number of aliphatic hydroxyl groups is 1. The summed E-state index contributed by atoms with van der Waals surface area (Å²) >= 11 is 0. The molecule has 0 saturated heterocycles. The van der Waals surface area contributed by atoms with Crippen molar-refractivity contribution in [2.75, 3.05) is 18.0 Å². The minimum Gasteiger partial charge on any atom is -0.393 e. The number of nitrogens with zero attached hydrogens (tertiary/aromatic N) is 1. The number of hydrogen-bond acceptors (Lipinski definition) is 2. The van der Waals surface area contributed by atoms with Crippen molar-refractivity contribution >= 4 is 5.69 Å². The first-order valence-corrected chi connectivity index (χ1v) is 6.61. The third kappa shape index (κ3) is 2.81. The molecule has 0 fully saturated rings. The zero-order valence-corrected chi connectivity index (χ0v) is 11.1. The molecule has 1 aromatic carbocycles. The van der Waals surface area contributed by atoms with Gasteiger partial charge in [-0.3, -0.25) is 0 Å². The molecular formula is C15H23NO. The minimum absolute atomic E-state index is 0.249. The second-order valence-corrected chi connectivity index (χ2v) is 5.56. The molecule has 2 heteroatoms. The molecule has 1 unspecified atom stereocenters. The predicted molar refractivity (Wildman–Crippen MR) is 72.6 cm³/mol. The van der Waals surface area contributed by atoms with Gasteiger partial charge in [-0.15, -0.1) is 0 Å². The van der Waals surface area contributed by atoms with Gasteiger partial charge in [-0.1, -0.05) is 26.0 Å². The van der Waals surface area contributed by atoms with E-state index < -0.39 is 0 Å². The first-order valence-electron chi connectivity index (χ1n) is 6.61. The summed E-state index contributed by atoms with van der Waals surface area (Å²) in [6, 6.07) is 6.50. The highest BCUT2D eigenvalue weighted by molar-refractivity contribution is 5.61. The van der Waals surface area contributed by atoms with Crippen LogP contribution < -0.4 is 4.90 Å². The molecule has 0 bridgehead atoms. The third-order valence-corrected chi connectivity index (χ3v) is 3.32. The Morgan fingerprint density at radius 2 is 2.06 bits per heavy atom. The van der Waals surface area contributed by atoms with Crippen LogP contribution in [0.15, 0.2) is 18.2 Å². The van der Waals surface area contributed by atoms with E-state index in [0.717, 1.165) is 25.9 Å². The van der Waals surface area contributed by atoms with Crippen molar-refractivity contribution in [2.45, 2.75) is 39.7 Å². The summed E-state index contributed by atoms with van der Waals surface area (Å²) in [5, 5.41) is 9.53. The summed E-state index contributed by atoms with van der Waals surface area (Å²) in [4.78, 5) is 2.48. The summed E-state index contributed by atoms with van der Waals surface area (Å²) in [6.07, 6.45) is 1.66. The van der Waals surface area contributed by atoms with Crippen molar-refractivity contribution in [1.29, 1.82) is 0 Å². The molecule has 0 aromatic heterocycles. The van der Waals surface area contributed by atoms with Gasteiger partial charge in [0.05, 0.1) is 6.10 Å². The Kier molecular flexibility index (Phi) is 3.72. The Hall–Kier alpha value is -1.02. The van der Waals surface area contributed by atoms with Crippen molar-refractivity contribution in [3.05, 3.63) is 29.3 Å². The average molecular weight is 233 g/mol. The van der Waals surface area contributed by atoms with Gasteiger partial charge in [0.2, 0.25) is 0 Å². The molecule has 1 aliphatic heterocycles. The molecule has 0 spiro atoms. The van der Waals surface area contributed by atoms with E-state index in [2.05, 4.69) is 36.9 Å². The van der Waals surface area contributed by atoms with Gasteiger partial charge in [-0.05, 0) is 42.9 Å². The van der Waals surface area contributed by atoms with Crippen LogP contribution in [-0.2, 0) is 12.8 Å². The zero-order chi connectivity index (χ0) is 12.4. The van der Waals surface area contributed by atoms with Crippen LogP contribution in [0.1, 0.15) is 31.9 Å². The average Bonchev–Trinajstić information content (AvgIpc) is 2.61. The van der Waals surface area contributed by atoms with E-state index in [1.165, 1.54) is 16.8 Å². The lowest BCUT2D eigenvalue weighted by atomic mass is 10.00. The number of fused-ring (bicyclic) bond motifs is 1. The Labute approximate surface area is 104 Å². The first kappa shape index (κ1) is 12.4. The second kappa shape index (κ2) is 5.09. The monoisotopic (exact) mass is 233 g/mol. The normalized spacial score (nSPS) is 16.4. The fourth-order valence-electron chi connectivity index (χ4n) is 2.71. The molecule has 17 heavy (non-hydrogen) atoms. The highest BCUT2D eigenvalue weighted by Crippen LogP contribution is 2.31. The van der Waals surface area contributed by atoms with Crippen molar-refractivity contribution in [3.8, 4) is 0 Å². The highest BCUT2D eigenvalue weighted by atomic mass is 16.3. The van der Waals surface area contributed by atoms with Crippen molar-refractivity contribution in [2.24, 2.45) is 5.92 Å². The van der Waals surface area contributed by atoms with Crippen molar-refractivity contribution < 1.29 is 5.11 Å². The van der Waals surface area contributed by atoms with E-state index in [1.807, 2.05) is 6.92 Å². The van der Waals surface area contributed by atoms with Gasteiger partial charge in [0.25, 0.3) is 0 Å². The van der Waals surface area contributed by atoms with Crippen LogP contribution >= 0.6 is 0 Å². The number of anilines is 1. The predicted octanol–water partition coefficient (Wildman–Crippen LogP) is 2.63. The second-order valence-electron chi connectivity index (χ2n) is 5.56. The van der Waals surface area contributed by atoms with E-state index in [-0.39, 0.29) is 6.10 Å². The van der Waals surface area contributed by atoms with Gasteiger partial charge in [0, 0.05) is 18.8 Å². The largest absolute Gasteiger partial charge is 0.393 e. The molecule has 1 aliphatic rings. The molecule has 1 N–H and O–H groups in total. The summed E-state index contributed by atoms with van der Waals surface area (Å²) in [7, 11) is 0. The molecule has 0 aliphatic carbocycles. The Morgan fingerprint density at radius 3 is 2.71 bits per heavy atom. The van der Waals surface area contributed by atoms with Crippen molar-refractivity contribution in [3.63, 3.8) is 0 Å². The van der Waals surface area contributed by atoms with E-state index >= 15 is 0 Å². The SMILES string of the molecule is CC(C)CN1CCc2c(CC(C)O)cccc21. The Balaban J connectivity index is 2.23. The van der Waals surface area contributed by atoms with Gasteiger partial charge < -0.3 is 10.0 Å². The molecule has 1 aromatic rings.